The van der Waals surface area contributed by atoms with Crippen molar-refractivity contribution in [2.45, 2.75) is 13.0 Å². The number of anilines is 1. The SMILES string of the molecule is C\C=C/C(=C\C=C\I)C(N)c1ccc(F)c(N)c1. The number of rotatable bonds is 4. The highest BCUT2D eigenvalue weighted by atomic mass is 127. The molecule has 0 bridgehead atoms. The van der Waals surface area contributed by atoms with Gasteiger partial charge >= 0.3 is 0 Å². The molecule has 0 heterocycles. The Hall–Kier alpha value is -1.14. The van der Waals surface area contributed by atoms with Gasteiger partial charge in [-0.1, -0.05) is 53.0 Å². The summed E-state index contributed by atoms with van der Waals surface area (Å²) in [7, 11) is 0. The van der Waals surface area contributed by atoms with E-state index in [-0.39, 0.29) is 11.7 Å². The number of benzene rings is 1. The monoisotopic (exact) mass is 358 g/mol. The highest BCUT2D eigenvalue weighted by molar-refractivity contribution is 14.1. The van der Waals surface area contributed by atoms with E-state index in [1.807, 2.05) is 35.3 Å². The van der Waals surface area contributed by atoms with Crippen molar-refractivity contribution < 1.29 is 4.39 Å². The minimum absolute atomic E-state index is 0.118. The summed E-state index contributed by atoms with van der Waals surface area (Å²) in [6, 6.07) is 4.25. The van der Waals surface area contributed by atoms with Crippen molar-refractivity contribution in [1.82, 2.24) is 0 Å². The first-order valence-corrected chi connectivity index (χ1v) is 6.74. The van der Waals surface area contributed by atoms with Crippen LogP contribution < -0.4 is 11.5 Å². The van der Waals surface area contributed by atoms with Crippen LogP contribution in [0, 0.1) is 5.82 Å². The lowest BCUT2D eigenvalue weighted by molar-refractivity contribution is 0.631. The summed E-state index contributed by atoms with van der Waals surface area (Å²) in [6.45, 7) is 1.92. The van der Waals surface area contributed by atoms with Crippen molar-refractivity contribution in [3.05, 3.63) is 63.5 Å². The van der Waals surface area contributed by atoms with E-state index in [0.29, 0.717) is 0 Å². The van der Waals surface area contributed by atoms with E-state index in [0.717, 1.165) is 11.1 Å². The van der Waals surface area contributed by atoms with Crippen LogP contribution in [0.4, 0.5) is 10.1 Å². The lowest BCUT2D eigenvalue weighted by Crippen LogP contribution is -2.12. The van der Waals surface area contributed by atoms with Gasteiger partial charge in [-0.15, -0.1) is 0 Å². The molecule has 0 spiro atoms. The van der Waals surface area contributed by atoms with Crippen LogP contribution in [0.25, 0.3) is 0 Å². The molecule has 1 atom stereocenters. The van der Waals surface area contributed by atoms with Gasteiger partial charge in [-0.05, 0) is 34.3 Å². The summed E-state index contributed by atoms with van der Waals surface area (Å²) in [5.41, 5.74) is 13.6. The van der Waals surface area contributed by atoms with Gasteiger partial charge in [-0.3, -0.25) is 0 Å². The third kappa shape index (κ3) is 3.96. The van der Waals surface area contributed by atoms with Gasteiger partial charge in [-0.25, -0.2) is 4.39 Å². The molecule has 1 aromatic rings. The molecule has 0 radical (unpaired) electrons. The zero-order valence-corrected chi connectivity index (χ0v) is 12.3. The molecule has 2 nitrogen and oxygen atoms in total. The van der Waals surface area contributed by atoms with E-state index in [4.69, 9.17) is 11.5 Å². The predicted octanol–water partition coefficient (Wildman–Crippen LogP) is 3.86. The fourth-order valence-corrected chi connectivity index (χ4v) is 1.76. The van der Waals surface area contributed by atoms with Crippen molar-refractivity contribution in [2.75, 3.05) is 5.73 Å². The van der Waals surface area contributed by atoms with Crippen LogP contribution in [0.3, 0.4) is 0 Å². The lowest BCUT2D eigenvalue weighted by atomic mass is 9.98. The third-order valence-electron chi connectivity index (χ3n) is 2.46. The van der Waals surface area contributed by atoms with Crippen LogP contribution in [0.2, 0.25) is 0 Å². The molecule has 0 aliphatic rings. The second kappa shape index (κ2) is 7.33. The van der Waals surface area contributed by atoms with Gasteiger partial charge in [0.15, 0.2) is 0 Å². The Balaban J connectivity index is 3.09. The Morgan fingerprint density at radius 2 is 2.17 bits per heavy atom. The number of hydrogen-bond acceptors (Lipinski definition) is 2. The first-order chi connectivity index (χ1) is 8.60. The van der Waals surface area contributed by atoms with Crippen molar-refractivity contribution in [2.24, 2.45) is 5.73 Å². The Labute approximate surface area is 120 Å². The first kappa shape index (κ1) is 14.9. The van der Waals surface area contributed by atoms with E-state index in [2.05, 4.69) is 22.6 Å². The normalized spacial score (nSPS) is 14.6. The maximum absolute atomic E-state index is 13.1. The fraction of sp³-hybridized carbons (Fsp3) is 0.143. The van der Waals surface area contributed by atoms with Crippen LogP contribution in [-0.2, 0) is 0 Å². The van der Waals surface area contributed by atoms with Crippen LogP contribution >= 0.6 is 22.6 Å². The Morgan fingerprint density at radius 3 is 2.72 bits per heavy atom. The highest BCUT2D eigenvalue weighted by Gasteiger charge is 2.10. The predicted molar refractivity (Wildman–Crippen MR) is 83.8 cm³/mol. The molecule has 0 aliphatic carbocycles. The molecule has 4 N–H and O–H groups in total. The second-order valence-corrected chi connectivity index (χ2v) is 4.46. The molecule has 0 saturated heterocycles. The zero-order valence-electron chi connectivity index (χ0n) is 10.1. The minimum Gasteiger partial charge on any atom is -0.396 e. The highest BCUT2D eigenvalue weighted by Crippen LogP contribution is 2.23. The molecule has 1 unspecified atom stereocenters. The van der Waals surface area contributed by atoms with E-state index in [1.54, 1.807) is 12.1 Å². The number of nitrogen functional groups attached to an aromatic ring is 1. The molecule has 1 aromatic carbocycles. The second-order valence-electron chi connectivity index (χ2n) is 3.74. The van der Waals surface area contributed by atoms with E-state index < -0.39 is 5.82 Å². The van der Waals surface area contributed by atoms with Gasteiger partial charge < -0.3 is 11.5 Å². The van der Waals surface area contributed by atoms with Crippen LogP contribution in [0.1, 0.15) is 18.5 Å². The number of allylic oxidation sites excluding steroid dienone is 3. The Bertz CT molecular complexity index is 493. The van der Waals surface area contributed by atoms with E-state index >= 15 is 0 Å². The molecule has 0 amide bonds. The maximum Gasteiger partial charge on any atom is 0.146 e. The summed E-state index contributed by atoms with van der Waals surface area (Å²) in [4.78, 5) is 0. The standard InChI is InChI=1S/C14H16FIN2/c1-2-4-10(5-3-8-16)14(18)11-6-7-12(15)13(17)9-11/h2-9,14H,17-18H2,1H3/b4-2-,8-3+,10-5+. The fourth-order valence-electron chi connectivity index (χ4n) is 1.55. The topological polar surface area (TPSA) is 52.0 Å². The van der Waals surface area contributed by atoms with Gasteiger partial charge in [0, 0.05) is 0 Å². The molecule has 0 saturated carbocycles. The average molecular weight is 358 g/mol. The lowest BCUT2D eigenvalue weighted by Gasteiger charge is -2.14. The third-order valence-corrected chi connectivity index (χ3v) is 2.87. The summed E-state index contributed by atoms with van der Waals surface area (Å²) >= 11 is 2.14. The molecule has 18 heavy (non-hydrogen) atoms. The molecule has 4 heteroatoms. The quantitative estimate of drug-likeness (QED) is 0.488. The molecule has 0 aliphatic heterocycles. The molecular formula is C14H16FIN2. The molecule has 96 valence electrons. The Kier molecular flexibility index (Phi) is 6.07. The van der Waals surface area contributed by atoms with E-state index in [1.165, 1.54) is 6.07 Å². The number of nitrogens with two attached hydrogens (primary N) is 2. The molecule has 0 fully saturated rings. The number of halogens is 2. The van der Waals surface area contributed by atoms with Crippen LogP contribution in [0.5, 0.6) is 0 Å². The van der Waals surface area contributed by atoms with Gasteiger partial charge in [0.05, 0.1) is 11.7 Å². The minimum atomic E-state index is -0.422. The van der Waals surface area contributed by atoms with Gasteiger partial charge in [0.2, 0.25) is 0 Å². The summed E-state index contributed by atoms with van der Waals surface area (Å²) < 4.78 is 15.0. The van der Waals surface area contributed by atoms with Gasteiger partial charge in [-0.2, -0.15) is 0 Å². The van der Waals surface area contributed by atoms with Crippen LogP contribution in [0.15, 0.2) is 52.2 Å². The molecule has 0 aromatic heterocycles. The van der Waals surface area contributed by atoms with E-state index in [9.17, 15) is 4.39 Å². The summed E-state index contributed by atoms with van der Waals surface area (Å²) in [5, 5.41) is 0. The largest absolute Gasteiger partial charge is 0.396 e. The maximum atomic E-state index is 13.1. The van der Waals surface area contributed by atoms with Crippen molar-refractivity contribution >= 4 is 28.3 Å². The van der Waals surface area contributed by atoms with Gasteiger partial charge in [0.25, 0.3) is 0 Å². The first-order valence-electron chi connectivity index (χ1n) is 5.50. The zero-order chi connectivity index (χ0) is 13.5. The Morgan fingerprint density at radius 1 is 1.44 bits per heavy atom. The summed E-state index contributed by atoms with van der Waals surface area (Å²) in [6.07, 6.45) is 7.68. The van der Waals surface area contributed by atoms with Gasteiger partial charge in [0.1, 0.15) is 5.82 Å². The van der Waals surface area contributed by atoms with Crippen LogP contribution in [-0.4, -0.2) is 0 Å². The summed E-state index contributed by atoms with van der Waals surface area (Å²) in [5.74, 6) is -0.422. The number of hydrogen-bond donors (Lipinski definition) is 2. The average Bonchev–Trinajstić information content (AvgIpc) is 2.37. The smallest absolute Gasteiger partial charge is 0.146 e. The van der Waals surface area contributed by atoms with Crippen molar-refractivity contribution in [1.29, 1.82) is 0 Å². The van der Waals surface area contributed by atoms with Crippen molar-refractivity contribution in [3.8, 4) is 0 Å². The van der Waals surface area contributed by atoms with Crippen molar-refractivity contribution in [3.63, 3.8) is 0 Å². The molecular weight excluding hydrogens is 342 g/mol. The molecule has 1 rings (SSSR count).